The molecule has 126 valence electrons. The number of hydrogen-bond acceptors (Lipinski definition) is 5. The number of fused-ring (bicyclic) bond motifs is 2. The topological polar surface area (TPSA) is 46.2 Å². The van der Waals surface area contributed by atoms with E-state index >= 15 is 0 Å². The normalized spacial score (nSPS) is 57.3. The molecule has 2 bridgehead atoms. The zero-order valence-corrected chi connectivity index (χ0v) is 14.0. The van der Waals surface area contributed by atoms with Crippen molar-refractivity contribution in [2.45, 2.75) is 70.7 Å². The fourth-order valence-corrected chi connectivity index (χ4v) is 5.24. The van der Waals surface area contributed by atoms with E-state index < -0.39 is 11.4 Å². The van der Waals surface area contributed by atoms with Crippen molar-refractivity contribution in [3.63, 3.8) is 0 Å². The molecule has 1 saturated carbocycles. The molecule has 8 atom stereocenters. The van der Waals surface area contributed by atoms with Gasteiger partial charge in [-0.3, -0.25) is 0 Å². The molecule has 22 heavy (non-hydrogen) atoms. The molecule has 5 rings (SSSR count). The van der Waals surface area contributed by atoms with Crippen LogP contribution in [0.5, 0.6) is 0 Å². The standard InChI is InChI=1S/C17H28O5/c1-5-18-14-8-13-10(2)6-7-12-11(3)9-19-15-17(12,13)22-21-16(14,4)20-15/h10-15H,5-9H2,1-4H3. The van der Waals surface area contributed by atoms with Gasteiger partial charge in [0.15, 0.2) is 11.9 Å². The second-order valence-corrected chi connectivity index (χ2v) is 7.74. The minimum Gasteiger partial charge on any atom is -0.373 e. The third kappa shape index (κ3) is 1.89. The lowest BCUT2D eigenvalue weighted by atomic mass is 9.58. The highest BCUT2D eigenvalue weighted by Gasteiger charge is 2.70. The van der Waals surface area contributed by atoms with Gasteiger partial charge in [-0.25, -0.2) is 4.89 Å². The summed E-state index contributed by atoms with van der Waals surface area (Å²) in [6.07, 6.45) is 2.83. The van der Waals surface area contributed by atoms with Gasteiger partial charge in [-0.1, -0.05) is 13.8 Å². The molecule has 0 N–H and O–H groups in total. The second-order valence-electron chi connectivity index (χ2n) is 7.74. The molecule has 4 aliphatic heterocycles. The summed E-state index contributed by atoms with van der Waals surface area (Å²) in [4.78, 5) is 12.0. The Morgan fingerprint density at radius 3 is 2.68 bits per heavy atom. The smallest absolute Gasteiger partial charge is 0.227 e. The Morgan fingerprint density at radius 2 is 1.91 bits per heavy atom. The minimum atomic E-state index is -0.881. The lowest BCUT2D eigenvalue weighted by molar-refractivity contribution is -0.573. The molecular weight excluding hydrogens is 284 g/mol. The summed E-state index contributed by atoms with van der Waals surface area (Å²) in [6.45, 7) is 9.88. The molecule has 5 fully saturated rings. The van der Waals surface area contributed by atoms with Gasteiger partial charge in [0.2, 0.25) is 5.79 Å². The van der Waals surface area contributed by atoms with Gasteiger partial charge in [0.1, 0.15) is 6.10 Å². The van der Waals surface area contributed by atoms with Crippen molar-refractivity contribution in [1.82, 2.24) is 0 Å². The molecule has 0 aromatic carbocycles. The molecule has 5 nitrogen and oxygen atoms in total. The van der Waals surface area contributed by atoms with E-state index in [1.165, 1.54) is 6.42 Å². The Kier molecular flexibility index (Phi) is 3.59. The number of hydrogen-bond donors (Lipinski definition) is 0. The average molecular weight is 312 g/mol. The highest BCUT2D eigenvalue weighted by molar-refractivity contribution is 5.10. The van der Waals surface area contributed by atoms with Gasteiger partial charge in [-0.15, -0.1) is 0 Å². The molecule has 0 amide bonds. The van der Waals surface area contributed by atoms with Gasteiger partial charge in [-0.2, -0.15) is 4.89 Å². The number of ether oxygens (including phenoxy) is 3. The van der Waals surface area contributed by atoms with Gasteiger partial charge in [0.05, 0.1) is 6.61 Å². The van der Waals surface area contributed by atoms with Crippen LogP contribution < -0.4 is 0 Å². The molecule has 1 spiro atoms. The van der Waals surface area contributed by atoms with Crippen LogP contribution in [0, 0.1) is 23.7 Å². The summed E-state index contributed by atoms with van der Waals surface area (Å²) in [5.74, 6) is 0.917. The van der Waals surface area contributed by atoms with Crippen LogP contribution in [0.3, 0.4) is 0 Å². The largest absolute Gasteiger partial charge is 0.373 e. The summed E-state index contributed by atoms with van der Waals surface area (Å²) in [7, 11) is 0. The fourth-order valence-electron chi connectivity index (χ4n) is 5.24. The van der Waals surface area contributed by atoms with E-state index in [1.807, 2.05) is 13.8 Å². The first-order valence-corrected chi connectivity index (χ1v) is 8.79. The van der Waals surface area contributed by atoms with Crippen LogP contribution in [0.15, 0.2) is 0 Å². The highest BCUT2D eigenvalue weighted by Crippen LogP contribution is 2.59. The lowest BCUT2D eigenvalue weighted by Crippen LogP contribution is -2.69. The molecule has 8 unspecified atom stereocenters. The van der Waals surface area contributed by atoms with Crippen molar-refractivity contribution >= 4 is 0 Å². The third-order valence-corrected chi connectivity index (χ3v) is 6.46. The maximum atomic E-state index is 6.30. The Bertz CT molecular complexity index is 443. The van der Waals surface area contributed by atoms with E-state index in [9.17, 15) is 0 Å². The van der Waals surface area contributed by atoms with Crippen LogP contribution in [0.25, 0.3) is 0 Å². The summed E-state index contributed by atoms with van der Waals surface area (Å²) in [5.41, 5.74) is -0.472. The molecule has 5 heteroatoms. The van der Waals surface area contributed by atoms with Crippen molar-refractivity contribution in [1.29, 1.82) is 0 Å². The Morgan fingerprint density at radius 1 is 1.09 bits per heavy atom. The molecule has 5 aliphatic rings. The first-order chi connectivity index (χ1) is 10.5. The van der Waals surface area contributed by atoms with Gasteiger partial charge >= 0.3 is 0 Å². The molecule has 4 saturated heterocycles. The Labute approximate surface area is 132 Å². The molecule has 4 heterocycles. The van der Waals surface area contributed by atoms with E-state index in [0.29, 0.717) is 30.3 Å². The van der Waals surface area contributed by atoms with Crippen molar-refractivity contribution in [2.75, 3.05) is 13.2 Å². The summed E-state index contributed by atoms with van der Waals surface area (Å²) in [5, 5.41) is 0. The molecule has 1 aliphatic carbocycles. The van der Waals surface area contributed by atoms with Crippen LogP contribution in [-0.2, 0) is 24.0 Å². The first-order valence-electron chi connectivity index (χ1n) is 8.79. The van der Waals surface area contributed by atoms with E-state index in [0.717, 1.165) is 19.4 Å². The van der Waals surface area contributed by atoms with Crippen LogP contribution in [0.2, 0.25) is 0 Å². The predicted molar refractivity (Wildman–Crippen MR) is 78.7 cm³/mol. The first kappa shape index (κ1) is 15.3. The quantitative estimate of drug-likeness (QED) is 0.734. The van der Waals surface area contributed by atoms with Crippen LogP contribution in [0.1, 0.15) is 47.0 Å². The Hall–Kier alpha value is -0.200. The fraction of sp³-hybridized carbons (Fsp3) is 1.00. The molecule has 0 radical (unpaired) electrons. The highest BCUT2D eigenvalue weighted by atomic mass is 17.3. The molecule has 0 aromatic rings. The van der Waals surface area contributed by atoms with Crippen LogP contribution in [0.4, 0.5) is 0 Å². The monoisotopic (exact) mass is 312 g/mol. The Balaban J connectivity index is 1.78. The number of rotatable bonds is 2. The van der Waals surface area contributed by atoms with E-state index in [-0.39, 0.29) is 12.4 Å². The van der Waals surface area contributed by atoms with E-state index in [4.69, 9.17) is 24.0 Å². The van der Waals surface area contributed by atoms with Crippen LogP contribution in [-0.4, -0.2) is 37.0 Å². The van der Waals surface area contributed by atoms with Crippen molar-refractivity contribution in [2.24, 2.45) is 23.7 Å². The molecular formula is C17H28O5. The zero-order chi connectivity index (χ0) is 15.5. The van der Waals surface area contributed by atoms with Crippen molar-refractivity contribution in [3.05, 3.63) is 0 Å². The van der Waals surface area contributed by atoms with E-state index in [1.54, 1.807) is 0 Å². The predicted octanol–water partition coefficient (Wildman–Crippen LogP) is 2.88. The second kappa shape index (κ2) is 5.15. The van der Waals surface area contributed by atoms with Gasteiger partial charge in [-0.05, 0) is 44.9 Å². The van der Waals surface area contributed by atoms with Crippen molar-refractivity contribution < 1.29 is 24.0 Å². The zero-order valence-electron chi connectivity index (χ0n) is 14.0. The third-order valence-electron chi connectivity index (χ3n) is 6.46. The summed E-state index contributed by atoms with van der Waals surface area (Å²) in [6, 6.07) is 0. The summed E-state index contributed by atoms with van der Waals surface area (Å²) >= 11 is 0. The minimum absolute atomic E-state index is 0.118. The SMILES string of the molecule is CCOC1CC2C(C)CCC3C(C)COC4OC1(C)OOC432. The van der Waals surface area contributed by atoms with Crippen molar-refractivity contribution in [3.8, 4) is 0 Å². The molecule has 0 aromatic heterocycles. The van der Waals surface area contributed by atoms with Gasteiger partial charge in [0, 0.05) is 18.4 Å². The van der Waals surface area contributed by atoms with E-state index in [2.05, 4.69) is 13.8 Å². The maximum Gasteiger partial charge on any atom is 0.227 e. The van der Waals surface area contributed by atoms with Gasteiger partial charge < -0.3 is 14.2 Å². The average Bonchev–Trinajstić information content (AvgIpc) is 2.68. The van der Waals surface area contributed by atoms with Gasteiger partial charge in [0.25, 0.3) is 0 Å². The maximum absolute atomic E-state index is 6.30. The summed E-state index contributed by atoms with van der Waals surface area (Å²) < 4.78 is 18.4. The van der Waals surface area contributed by atoms with Crippen LogP contribution >= 0.6 is 0 Å². The lowest BCUT2D eigenvalue weighted by Gasteiger charge is -2.58.